The number of nitrogens with one attached hydrogen (secondary N) is 1. The van der Waals surface area contributed by atoms with Gasteiger partial charge in [-0.3, -0.25) is 4.79 Å². The summed E-state index contributed by atoms with van der Waals surface area (Å²) in [5.41, 5.74) is 2.71. The van der Waals surface area contributed by atoms with Crippen LogP contribution >= 0.6 is 0 Å². The molecule has 1 saturated heterocycles. The van der Waals surface area contributed by atoms with Gasteiger partial charge in [0.25, 0.3) is 0 Å². The van der Waals surface area contributed by atoms with Crippen molar-refractivity contribution in [3.8, 4) is 5.75 Å². The van der Waals surface area contributed by atoms with Crippen LogP contribution in [0.25, 0.3) is 0 Å². The lowest BCUT2D eigenvalue weighted by molar-refractivity contribution is -0.132. The summed E-state index contributed by atoms with van der Waals surface area (Å²) < 4.78 is 27.9. The predicted molar refractivity (Wildman–Crippen MR) is 127 cm³/mol. The minimum Gasteiger partial charge on any atom is -0.497 e. The molecular formula is C24H31N3O5S. The zero-order valence-corrected chi connectivity index (χ0v) is 19.9. The van der Waals surface area contributed by atoms with Crippen molar-refractivity contribution in [2.75, 3.05) is 39.5 Å². The number of hydrogen-bond donors (Lipinski definition) is 1. The van der Waals surface area contributed by atoms with Crippen molar-refractivity contribution in [1.82, 2.24) is 15.1 Å². The largest absolute Gasteiger partial charge is 0.497 e. The summed E-state index contributed by atoms with van der Waals surface area (Å²) in [7, 11) is -1.45. The highest BCUT2D eigenvalue weighted by atomic mass is 32.2. The molecule has 1 aliphatic heterocycles. The Kier molecular flexibility index (Phi) is 8.32. The van der Waals surface area contributed by atoms with E-state index in [9.17, 15) is 18.0 Å². The number of urea groups is 1. The summed E-state index contributed by atoms with van der Waals surface area (Å²) in [6.45, 7) is 2.39. The monoisotopic (exact) mass is 473 g/mol. The van der Waals surface area contributed by atoms with Crippen molar-refractivity contribution < 1.29 is 22.7 Å². The average Bonchev–Trinajstić information content (AvgIpc) is 2.81. The van der Waals surface area contributed by atoms with E-state index in [2.05, 4.69) is 5.32 Å². The Hall–Kier alpha value is -3.07. The molecule has 1 heterocycles. The van der Waals surface area contributed by atoms with Gasteiger partial charge in [0, 0.05) is 45.4 Å². The van der Waals surface area contributed by atoms with E-state index in [0.717, 1.165) is 22.4 Å². The number of amides is 3. The van der Waals surface area contributed by atoms with Crippen LogP contribution in [0, 0.1) is 0 Å². The first-order chi connectivity index (χ1) is 15.7. The second kappa shape index (κ2) is 11.2. The van der Waals surface area contributed by atoms with E-state index in [1.54, 1.807) is 24.1 Å². The van der Waals surface area contributed by atoms with Gasteiger partial charge in [-0.15, -0.1) is 0 Å². The van der Waals surface area contributed by atoms with E-state index >= 15 is 0 Å². The van der Waals surface area contributed by atoms with E-state index in [1.807, 2.05) is 41.3 Å². The lowest BCUT2D eigenvalue weighted by Crippen LogP contribution is -2.53. The molecule has 1 N–H and O–H groups in total. The molecule has 178 valence electrons. The molecule has 2 aromatic carbocycles. The molecule has 0 bridgehead atoms. The van der Waals surface area contributed by atoms with Crippen LogP contribution in [-0.2, 0) is 33.4 Å². The Morgan fingerprint density at radius 2 is 1.42 bits per heavy atom. The lowest BCUT2D eigenvalue weighted by Gasteiger charge is -2.34. The van der Waals surface area contributed by atoms with Crippen molar-refractivity contribution in [2.24, 2.45) is 0 Å². The highest BCUT2D eigenvalue weighted by molar-refractivity contribution is 7.89. The summed E-state index contributed by atoms with van der Waals surface area (Å²) in [5.74, 6) is 0.895. The second-order valence-corrected chi connectivity index (χ2v) is 10.4. The van der Waals surface area contributed by atoms with Crippen molar-refractivity contribution >= 4 is 21.8 Å². The van der Waals surface area contributed by atoms with Crippen LogP contribution < -0.4 is 10.1 Å². The van der Waals surface area contributed by atoms with Gasteiger partial charge in [-0.2, -0.15) is 0 Å². The van der Waals surface area contributed by atoms with Gasteiger partial charge in [0.15, 0.2) is 9.84 Å². The Balaban J connectivity index is 1.38. The van der Waals surface area contributed by atoms with E-state index in [1.165, 1.54) is 6.26 Å². The molecule has 8 nitrogen and oxygen atoms in total. The van der Waals surface area contributed by atoms with Gasteiger partial charge in [0.1, 0.15) is 5.75 Å². The molecule has 0 atom stereocenters. The van der Waals surface area contributed by atoms with Crippen LogP contribution in [0.3, 0.4) is 0 Å². The molecule has 3 rings (SSSR count). The number of aryl methyl sites for hydroxylation is 1. The fourth-order valence-electron chi connectivity index (χ4n) is 3.71. The number of hydrogen-bond acceptors (Lipinski definition) is 5. The molecule has 0 unspecified atom stereocenters. The zero-order chi connectivity index (χ0) is 23.8. The third-order valence-corrected chi connectivity index (χ3v) is 6.46. The molecule has 0 radical (unpaired) electrons. The third kappa shape index (κ3) is 7.78. The topological polar surface area (TPSA) is 96.0 Å². The summed E-state index contributed by atoms with van der Waals surface area (Å²) in [5, 5.41) is 2.89. The minimum atomic E-state index is -3.07. The van der Waals surface area contributed by atoms with Gasteiger partial charge in [0.2, 0.25) is 5.91 Å². The van der Waals surface area contributed by atoms with Gasteiger partial charge in [-0.25, -0.2) is 13.2 Å². The quantitative estimate of drug-likeness (QED) is 0.634. The third-order valence-electron chi connectivity index (χ3n) is 5.60. The fourth-order valence-corrected chi connectivity index (χ4v) is 4.50. The Morgan fingerprint density at radius 1 is 0.879 bits per heavy atom. The van der Waals surface area contributed by atoms with Crippen LogP contribution in [0.2, 0.25) is 0 Å². The molecule has 0 spiro atoms. The van der Waals surface area contributed by atoms with Gasteiger partial charge >= 0.3 is 6.03 Å². The second-order valence-electron chi connectivity index (χ2n) is 8.26. The number of sulfone groups is 1. The summed E-state index contributed by atoms with van der Waals surface area (Å²) in [6.07, 6.45) is 2.32. The molecule has 0 saturated carbocycles. The SMILES string of the molecule is COc1ccc(CCC(=O)N2CCN(C(=O)NCc3ccc(CS(C)(=O)=O)cc3)CC2)cc1. The number of carbonyl (C=O) groups is 2. The van der Waals surface area contributed by atoms with Crippen molar-refractivity contribution in [1.29, 1.82) is 0 Å². The standard InChI is InChI=1S/C24H31N3O5S/c1-32-22-10-7-19(8-11-22)9-12-23(28)26-13-15-27(16-14-26)24(29)25-17-20-3-5-21(6-4-20)18-33(2,30)31/h3-8,10-11H,9,12-18H2,1-2H3,(H,25,29). The molecule has 33 heavy (non-hydrogen) atoms. The van der Waals surface area contributed by atoms with Gasteiger partial charge in [-0.05, 0) is 35.2 Å². The van der Waals surface area contributed by atoms with Crippen molar-refractivity contribution in [3.05, 3.63) is 65.2 Å². The maximum absolute atomic E-state index is 12.5. The summed E-state index contributed by atoms with van der Waals surface area (Å²) in [6, 6.07) is 14.7. The van der Waals surface area contributed by atoms with Crippen molar-refractivity contribution in [2.45, 2.75) is 25.1 Å². The van der Waals surface area contributed by atoms with Gasteiger partial charge in [-0.1, -0.05) is 36.4 Å². The molecule has 0 aliphatic carbocycles. The molecule has 9 heteroatoms. The molecule has 2 aromatic rings. The molecule has 3 amide bonds. The summed E-state index contributed by atoms with van der Waals surface area (Å²) >= 11 is 0. The molecule has 1 aliphatic rings. The number of methoxy groups -OCH3 is 1. The van der Waals surface area contributed by atoms with Gasteiger partial charge < -0.3 is 19.9 Å². The van der Waals surface area contributed by atoms with E-state index < -0.39 is 9.84 Å². The number of ether oxygens (including phenoxy) is 1. The van der Waals surface area contributed by atoms with Crippen LogP contribution in [-0.4, -0.2) is 69.7 Å². The summed E-state index contributed by atoms with van der Waals surface area (Å²) in [4.78, 5) is 28.6. The molecular weight excluding hydrogens is 442 g/mol. The molecule has 0 aromatic heterocycles. The zero-order valence-electron chi connectivity index (χ0n) is 19.1. The van der Waals surface area contributed by atoms with Crippen LogP contribution in [0.1, 0.15) is 23.1 Å². The lowest BCUT2D eigenvalue weighted by atomic mass is 10.1. The van der Waals surface area contributed by atoms with Gasteiger partial charge in [0.05, 0.1) is 12.9 Å². The Labute approximate surface area is 195 Å². The first-order valence-corrected chi connectivity index (χ1v) is 13.0. The number of piperazine rings is 1. The number of rotatable bonds is 8. The first-order valence-electron chi connectivity index (χ1n) is 10.9. The van der Waals surface area contributed by atoms with Crippen molar-refractivity contribution in [3.63, 3.8) is 0 Å². The van der Waals surface area contributed by atoms with E-state index in [4.69, 9.17) is 4.74 Å². The normalized spacial score (nSPS) is 14.1. The molecule has 1 fully saturated rings. The first kappa shape index (κ1) is 24.6. The number of nitrogens with zero attached hydrogens (tertiary/aromatic N) is 2. The number of benzene rings is 2. The highest BCUT2D eigenvalue weighted by Crippen LogP contribution is 2.14. The average molecular weight is 474 g/mol. The minimum absolute atomic E-state index is 0.00271. The van der Waals surface area contributed by atoms with E-state index in [-0.39, 0.29) is 17.7 Å². The van der Waals surface area contributed by atoms with Crippen LogP contribution in [0.5, 0.6) is 5.75 Å². The Morgan fingerprint density at radius 3 is 2.00 bits per heavy atom. The number of carbonyl (C=O) groups excluding carboxylic acids is 2. The predicted octanol–water partition coefficient (Wildman–Crippen LogP) is 2.23. The highest BCUT2D eigenvalue weighted by Gasteiger charge is 2.23. The maximum Gasteiger partial charge on any atom is 0.317 e. The van der Waals surface area contributed by atoms with Crippen LogP contribution in [0.15, 0.2) is 48.5 Å². The van der Waals surface area contributed by atoms with Crippen LogP contribution in [0.4, 0.5) is 4.79 Å². The maximum atomic E-state index is 12.5. The van der Waals surface area contributed by atoms with E-state index in [0.29, 0.717) is 45.6 Å². The Bertz CT molecular complexity index is 1040. The smallest absolute Gasteiger partial charge is 0.317 e. The fraction of sp³-hybridized carbons (Fsp3) is 0.417.